The second-order valence-corrected chi connectivity index (χ2v) is 6.54. The zero-order chi connectivity index (χ0) is 19.2. The van der Waals surface area contributed by atoms with Crippen molar-refractivity contribution in [3.8, 4) is 5.75 Å². The van der Waals surface area contributed by atoms with Gasteiger partial charge in [0.2, 0.25) is 0 Å². The van der Waals surface area contributed by atoms with Crippen LogP contribution in [0.1, 0.15) is 31.0 Å². The Morgan fingerprint density at radius 2 is 1.81 bits per heavy atom. The average Bonchev–Trinajstić information content (AvgIpc) is 2.67. The number of rotatable bonds is 6. The topological polar surface area (TPSA) is 59.6 Å². The maximum absolute atomic E-state index is 12.8. The molecule has 2 aromatic carbocycles. The zero-order valence-electron chi connectivity index (χ0n) is 15.3. The predicted molar refractivity (Wildman–Crippen MR) is 108 cm³/mol. The molecule has 0 aliphatic carbocycles. The third kappa shape index (κ3) is 4.65. The van der Waals surface area contributed by atoms with Crippen molar-refractivity contribution in [2.45, 2.75) is 26.5 Å². The molecule has 0 saturated heterocycles. The van der Waals surface area contributed by atoms with Crippen molar-refractivity contribution in [3.05, 3.63) is 77.0 Å². The first-order valence-electron chi connectivity index (χ1n) is 8.80. The van der Waals surface area contributed by atoms with Gasteiger partial charge in [0.05, 0.1) is 18.2 Å². The summed E-state index contributed by atoms with van der Waals surface area (Å²) in [5.74, 6) is 0.407. The van der Waals surface area contributed by atoms with Crippen molar-refractivity contribution >= 4 is 23.3 Å². The summed E-state index contributed by atoms with van der Waals surface area (Å²) in [6.45, 7) is 4.59. The van der Waals surface area contributed by atoms with E-state index in [0.29, 0.717) is 23.0 Å². The van der Waals surface area contributed by atoms with Crippen LogP contribution in [0.5, 0.6) is 5.75 Å². The van der Waals surface area contributed by atoms with E-state index in [-0.39, 0.29) is 18.6 Å². The highest BCUT2D eigenvalue weighted by atomic mass is 32.1. The third-order valence-electron chi connectivity index (χ3n) is 4.23. The standard InChI is InChI=1S/C21H22N2O3S/c1-3-25-17-11-9-16(10-12-17)19-18(14(2)22-21(27)23-19)20(24)26-13-15-7-5-4-6-8-15/h4-12,19H,3,13H2,1-2H3,(H2,22,23,27)/t19-/m0/s1. The fourth-order valence-electron chi connectivity index (χ4n) is 2.94. The molecule has 27 heavy (non-hydrogen) atoms. The largest absolute Gasteiger partial charge is 0.494 e. The summed E-state index contributed by atoms with van der Waals surface area (Å²) in [6, 6.07) is 16.8. The number of hydrogen-bond donors (Lipinski definition) is 2. The van der Waals surface area contributed by atoms with Gasteiger partial charge in [-0.3, -0.25) is 0 Å². The van der Waals surface area contributed by atoms with Crippen LogP contribution < -0.4 is 15.4 Å². The molecule has 2 aromatic rings. The van der Waals surface area contributed by atoms with Crippen molar-refractivity contribution < 1.29 is 14.3 Å². The van der Waals surface area contributed by atoms with Gasteiger partial charge in [0.1, 0.15) is 12.4 Å². The number of carbonyl (C=O) groups excluding carboxylic acids is 1. The molecule has 1 heterocycles. The monoisotopic (exact) mass is 382 g/mol. The van der Waals surface area contributed by atoms with Crippen LogP contribution in [0.4, 0.5) is 0 Å². The van der Waals surface area contributed by atoms with Crippen molar-refractivity contribution in [2.24, 2.45) is 0 Å². The molecule has 1 atom stereocenters. The van der Waals surface area contributed by atoms with E-state index < -0.39 is 0 Å². The summed E-state index contributed by atoms with van der Waals surface area (Å²) < 4.78 is 11.0. The van der Waals surface area contributed by atoms with E-state index in [4.69, 9.17) is 21.7 Å². The Labute approximate surface area is 164 Å². The van der Waals surface area contributed by atoms with Crippen LogP contribution >= 0.6 is 12.2 Å². The SMILES string of the molecule is CCOc1ccc([C@@H]2NC(=S)NC(C)=C2C(=O)OCc2ccccc2)cc1. The Morgan fingerprint density at radius 1 is 1.11 bits per heavy atom. The maximum atomic E-state index is 12.8. The van der Waals surface area contributed by atoms with Gasteiger partial charge in [-0.05, 0) is 49.3 Å². The molecule has 0 unspecified atom stereocenters. The fourth-order valence-corrected chi connectivity index (χ4v) is 3.21. The molecule has 1 aliphatic rings. The lowest BCUT2D eigenvalue weighted by atomic mass is 9.95. The number of nitrogens with one attached hydrogen (secondary N) is 2. The average molecular weight is 382 g/mol. The third-order valence-corrected chi connectivity index (χ3v) is 4.45. The smallest absolute Gasteiger partial charge is 0.338 e. The molecule has 0 radical (unpaired) electrons. The second kappa shape index (κ2) is 8.68. The molecule has 0 amide bonds. The Kier molecular flexibility index (Phi) is 6.08. The number of allylic oxidation sites excluding steroid dienone is 1. The molecule has 1 aliphatic heterocycles. The fraction of sp³-hybridized carbons (Fsp3) is 0.238. The second-order valence-electron chi connectivity index (χ2n) is 6.13. The van der Waals surface area contributed by atoms with Crippen molar-refractivity contribution in [1.29, 1.82) is 0 Å². The lowest BCUT2D eigenvalue weighted by molar-refractivity contribution is -0.140. The predicted octanol–water partition coefficient (Wildman–Crippen LogP) is 3.62. The molecule has 140 valence electrons. The number of benzene rings is 2. The first kappa shape index (κ1) is 18.9. The van der Waals surface area contributed by atoms with Crippen molar-refractivity contribution in [1.82, 2.24) is 10.6 Å². The number of carbonyl (C=O) groups is 1. The van der Waals surface area contributed by atoms with Crippen LogP contribution in [0.3, 0.4) is 0 Å². The molecule has 0 fully saturated rings. The van der Waals surface area contributed by atoms with Crippen LogP contribution in [0.25, 0.3) is 0 Å². The van der Waals surface area contributed by atoms with Crippen LogP contribution in [0, 0.1) is 0 Å². The first-order chi connectivity index (χ1) is 13.1. The number of thiocarbonyl (C=S) groups is 1. The van der Waals surface area contributed by atoms with Crippen LogP contribution in [-0.2, 0) is 16.1 Å². The van der Waals surface area contributed by atoms with Gasteiger partial charge in [-0.25, -0.2) is 4.79 Å². The number of ether oxygens (including phenoxy) is 2. The van der Waals surface area contributed by atoms with Crippen molar-refractivity contribution in [3.63, 3.8) is 0 Å². The van der Waals surface area contributed by atoms with Crippen LogP contribution in [-0.4, -0.2) is 17.7 Å². The number of esters is 1. The van der Waals surface area contributed by atoms with E-state index >= 15 is 0 Å². The normalized spacial score (nSPS) is 16.4. The Bertz CT molecular complexity index is 847. The molecule has 5 nitrogen and oxygen atoms in total. The molecule has 0 saturated carbocycles. The van der Waals surface area contributed by atoms with Gasteiger partial charge < -0.3 is 20.1 Å². The van der Waals surface area contributed by atoms with Crippen LogP contribution in [0.2, 0.25) is 0 Å². The van der Waals surface area contributed by atoms with Gasteiger partial charge in [-0.15, -0.1) is 0 Å². The Morgan fingerprint density at radius 3 is 2.48 bits per heavy atom. The zero-order valence-corrected chi connectivity index (χ0v) is 16.1. The maximum Gasteiger partial charge on any atom is 0.338 e. The van der Waals surface area contributed by atoms with Gasteiger partial charge >= 0.3 is 5.97 Å². The minimum Gasteiger partial charge on any atom is -0.494 e. The summed E-state index contributed by atoms with van der Waals surface area (Å²) in [6.07, 6.45) is 0. The Hall–Kier alpha value is -2.86. The molecule has 6 heteroatoms. The minimum absolute atomic E-state index is 0.219. The van der Waals surface area contributed by atoms with E-state index in [9.17, 15) is 4.79 Å². The molecule has 0 bridgehead atoms. The van der Waals surface area contributed by atoms with Gasteiger partial charge in [0.25, 0.3) is 0 Å². The first-order valence-corrected chi connectivity index (χ1v) is 9.21. The highest BCUT2D eigenvalue weighted by Crippen LogP contribution is 2.29. The summed E-state index contributed by atoms with van der Waals surface area (Å²) in [7, 11) is 0. The van der Waals surface area contributed by atoms with E-state index in [1.165, 1.54) is 0 Å². The summed E-state index contributed by atoms with van der Waals surface area (Å²) in [4.78, 5) is 12.8. The summed E-state index contributed by atoms with van der Waals surface area (Å²) >= 11 is 5.27. The van der Waals surface area contributed by atoms with Crippen LogP contribution in [0.15, 0.2) is 65.9 Å². The molecular formula is C21H22N2O3S. The minimum atomic E-state index is -0.377. The highest BCUT2D eigenvalue weighted by Gasteiger charge is 2.31. The van der Waals surface area contributed by atoms with Gasteiger partial charge in [-0.2, -0.15) is 0 Å². The van der Waals surface area contributed by atoms with Gasteiger partial charge in [-0.1, -0.05) is 42.5 Å². The van der Waals surface area contributed by atoms with E-state index in [1.807, 2.05) is 68.4 Å². The summed E-state index contributed by atoms with van der Waals surface area (Å²) in [5.41, 5.74) is 3.06. The van der Waals surface area contributed by atoms with Crippen molar-refractivity contribution in [2.75, 3.05) is 6.61 Å². The van der Waals surface area contributed by atoms with E-state index in [0.717, 1.165) is 16.9 Å². The lowest BCUT2D eigenvalue weighted by Crippen LogP contribution is -2.45. The number of hydrogen-bond acceptors (Lipinski definition) is 4. The van der Waals surface area contributed by atoms with E-state index in [2.05, 4.69) is 10.6 Å². The molecule has 0 aromatic heterocycles. The summed E-state index contributed by atoms with van der Waals surface area (Å²) in [5, 5.41) is 6.66. The van der Waals surface area contributed by atoms with Gasteiger partial charge in [0, 0.05) is 5.70 Å². The quantitative estimate of drug-likeness (QED) is 0.588. The van der Waals surface area contributed by atoms with Gasteiger partial charge in [0.15, 0.2) is 5.11 Å². The molecule has 0 spiro atoms. The molecule has 3 rings (SSSR count). The molecule has 2 N–H and O–H groups in total. The lowest BCUT2D eigenvalue weighted by Gasteiger charge is -2.30. The molecular weight excluding hydrogens is 360 g/mol. The Balaban J connectivity index is 1.81. The highest BCUT2D eigenvalue weighted by molar-refractivity contribution is 7.80. The van der Waals surface area contributed by atoms with E-state index in [1.54, 1.807) is 0 Å².